The van der Waals surface area contributed by atoms with Crippen LogP contribution in [0.5, 0.6) is 0 Å². The summed E-state index contributed by atoms with van der Waals surface area (Å²) in [5.74, 6) is -1.03. The standard InChI is InChI=1S/C18H17Cl2FN2O2/c1-11(12-3-6-14(21)7-4-12)23(2)17(24)10-22-18(25)13-5-8-15(19)16(20)9-13/h3-9,11H,10H2,1-2H3,(H,22,25). The van der Waals surface area contributed by atoms with Gasteiger partial charge in [-0.15, -0.1) is 0 Å². The van der Waals surface area contributed by atoms with Gasteiger partial charge < -0.3 is 10.2 Å². The first kappa shape index (κ1) is 19.2. The van der Waals surface area contributed by atoms with Gasteiger partial charge in [0.05, 0.1) is 22.6 Å². The number of benzene rings is 2. The van der Waals surface area contributed by atoms with Crippen LogP contribution in [0.2, 0.25) is 10.0 Å². The van der Waals surface area contributed by atoms with Gasteiger partial charge in [0.15, 0.2) is 0 Å². The number of carbonyl (C=O) groups excluding carboxylic acids is 2. The molecule has 7 heteroatoms. The molecule has 0 bridgehead atoms. The van der Waals surface area contributed by atoms with Crippen molar-refractivity contribution in [2.45, 2.75) is 13.0 Å². The molecule has 0 aliphatic carbocycles. The lowest BCUT2D eigenvalue weighted by atomic mass is 10.1. The number of halogens is 3. The molecule has 0 aliphatic heterocycles. The van der Waals surface area contributed by atoms with Crippen molar-refractivity contribution >= 4 is 35.0 Å². The van der Waals surface area contributed by atoms with Gasteiger partial charge in [-0.25, -0.2) is 4.39 Å². The number of nitrogens with one attached hydrogen (secondary N) is 1. The van der Waals surface area contributed by atoms with E-state index in [1.54, 1.807) is 19.2 Å². The Bertz CT molecular complexity index is 781. The summed E-state index contributed by atoms with van der Waals surface area (Å²) in [5, 5.41) is 3.17. The molecular weight excluding hydrogens is 366 g/mol. The van der Waals surface area contributed by atoms with Crippen LogP contribution in [0, 0.1) is 5.82 Å². The van der Waals surface area contributed by atoms with Gasteiger partial charge in [0.25, 0.3) is 5.91 Å². The Balaban J connectivity index is 1.95. The monoisotopic (exact) mass is 382 g/mol. The topological polar surface area (TPSA) is 49.4 Å². The molecule has 2 aromatic rings. The molecule has 0 aromatic heterocycles. The summed E-state index contributed by atoms with van der Waals surface area (Å²) < 4.78 is 13.0. The van der Waals surface area contributed by atoms with Gasteiger partial charge in [-0.05, 0) is 42.8 Å². The molecule has 4 nitrogen and oxygen atoms in total. The van der Waals surface area contributed by atoms with Crippen LogP contribution in [0.3, 0.4) is 0 Å². The lowest BCUT2D eigenvalue weighted by molar-refractivity contribution is -0.130. The molecule has 1 unspecified atom stereocenters. The second-order valence-corrected chi connectivity index (χ2v) is 6.36. The molecule has 1 N–H and O–H groups in total. The average Bonchev–Trinajstić information content (AvgIpc) is 2.61. The van der Waals surface area contributed by atoms with Crippen molar-refractivity contribution in [2.75, 3.05) is 13.6 Å². The Kier molecular flexibility index (Phi) is 6.39. The number of amides is 2. The fraction of sp³-hybridized carbons (Fsp3) is 0.222. The Labute approximate surface area is 155 Å². The minimum atomic E-state index is -0.422. The van der Waals surface area contributed by atoms with Crippen LogP contribution in [-0.2, 0) is 4.79 Å². The minimum Gasteiger partial charge on any atom is -0.343 e. The van der Waals surface area contributed by atoms with E-state index in [9.17, 15) is 14.0 Å². The average molecular weight is 383 g/mol. The quantitative estimate of drug-likeness (QED) is 0.846. The Hall–Kier alpha value is -2.11. The number of rotatable bonds is 5. The fourth-order valence-electron chi connectivity index (χ4n) is 2.20. The van der Waals surface area contributed by atoms with E-state index in [2.05, 4.69) is 5.32 Å². The smallest absolute Gasteiger partial charge is 0.251 e. The van der Waals surface area contributed by atoms with Crippen LogP contribution in [0.4, 0.5) is 4.39 Å². The van der Waals surface area contributed by atoms with Gasteiger partial charge in [-0.3, -0.25) is 9.59 Å². The highest BCUT2D eigenvalue weighted by Crippen LogP contribution is 2.22. The zero-order valence-electron chi connectivity index (χ0n) is 13.7. The fourth-order valence-corrected chi connectivity index (χ4v) is 2.50. The van der Waals surface area contributed by atoms with Crippen LogP contribution >= 0.6 is 23.2 Å². The van der Waals surface area contributed by atoms with Crippen molar-refractivity contribution in [1.29, 1.82) is 0 Å². The van der Waals surface area contributed by atoms with Crippen LogP contribution in [0.25, 0.3) is 0 Å². The van der Waals surface area contributed by atoms with Gasteiger partial charge in [0.2, 0.25) is 5.91 Å². The van der Waals surface area contributed by atoms with Crippen LogP contribution in [0.1, 0.15) is 28.9 Å². The SMILES string of the molecule is CC(c1ccc(F)cc1)N(C)C(=O)CNC(=O)c1ccc(Cl)c(Cl)c1. The van der Waals surface area contributed by atoms with E-state index in [1.807, 2.05) is 6.92 Å². The maximum absolute atomic E-state index is 13.0. The van der Waals surface area contributed by atoms with Crippen molar-refractivity contribution in [3.63, 3.8) is 0 Å². The molecule has 2 rings (SSSR count). The third-order valence-electron chi connectivity index (χ3n) is 3.91. The highest BCUT2D eigenvalue weighted by atomic mass is 35.5. The molecule has 0 saturated heterocycles. The highest BCUT2D eigenvalue weighted by Gasteiger charge is 2.18. The van der Waals surface area contributed by atoms with Crippen molar-refractivity contribution in [3.05, 3.63) is 69.5 Å². The van der Waals surface area contributed by atoms with Crippen molar-refractivity contribution in [3.8, 4) is 0 Å². The van der Waals surface area contributed by atoms with Crippen molar-refractivity contribution in [2.24, 2.45) is 0 Å². The minimum absolute atomic E-state index is 0.166. The molecule has 0 heterocycles. The number of nitrogens with zero attached hydrogens (tertiary/aromatic N) is 1. The molecule has 0 spiro atoms. The van der Waals surface area contributed by atoms with Crippen molar-refractivity contribution < 1.29 is 14.0 Å². The maximum atomic E-state index is 13.0. The first-order valence-corrected chi connectivity index (χ1v) is 8.29. The third-order valence-corrected chi connectivity index (χ3v) is 4.65. The Morgan fingerprint density at radius 2 is 1.76 bits per heavy atom. The summed E-state index contributed by atoms with van der Waals surface area (Å²) in [6.45, 7) is 1.66. The number of hydrogen-bond acceptors (Lipinski definition) is 2. The molecule has 132 valence electrons. The van der Waals surface area contributed by atoms with E-state index < -0.39 is 5.91 Å². The molecule has 25 heavy (non-hydrogen) atoms. The highest BCUT2D eigenvalue weighted by molar-refractivity contribution is 6.42. The second kappa shape index (κ2) is 8.32. The van der Waals surface area contributed by atoms with E-state index in [0.717, 1.165) is 5.56 Å². The zero-order valence-corrected chi connectivity index (χ0v) is 15.2. The predicted molar refractivity (Wildman–Crippen MR) is 96.4 cm³/mol. The first-order chi connectivity index (χ1) is 11.8. The van der Waals surface area contributed by atoms with Gasteiger partial charge in [0, 0.05) is 12.6 Å². The predicted octanol–water partition coefficient (Wildman–Crippen LogP) is 4.08. The van der Waals surface area contributed by atoms with E-state index in [4.69, 9.17) is 23.2 Å². The zero-order chi connectivity index (χ0) is 18.6. The summed E-state index contributed by atoms with van der Waals surface area (Å²) in [6.07, 6.45) is 0. The van der Waals surface area contributed by atoms with E-state index >= 15 is 0 Å². The number of likely N-dealkylation sites (N-methyl/N-ethyl adjacent to an activating group) is 1. The van der Waals surface area contributed by atoms with Crippen molar-refractivity contribution in [1.82, 2.24) is 10.2 Å². The normalized spacial score (nSPS) is 11.7. The molecule has 0 fully saturated rings. The molecule has 0 radical (unpaired) electrons. The molecule has 0 saturated carbocycles. The van der Waals surface area contributed by atoms with Crippen LogP contribution in [0.15, 0.2) is 42.5 Å². The molecule has 1 atom stereocenters. The third kappa shape index (κ3) is 4.94. The second-order valence-electron chi connectivity index (χ2n) is 5.54. The van der Waals surface area contributed by atoms with E-state index in [1.165, 1.54) is 35.2 Å². The molecular formula is C18H17Cl2FN2O2. The van der Waals surface area contributed by atoms with Crippen LogP contribution < -0.4 is 5.32 Å². The summed E-state index contributed by atoms with van der Waals surface area (Å²) in [5.41, 5.74) is 1.12. The van der Waals surface area contributed by atoms with Gasteiger partial charge in [-0.1, -0.05) is 35.3 Å². The number of carbonyl (C=O) groups is 2. The Morgan fingerprint density at radius 3 is 2.36 bits per heavy atom. The summed E-state index contributed by atoms with van der Waals surface area (Å²) >= 11 is 11.7. The number of hydrogen-bond donors (Lipinski definition) is 1. The lowest BCUT2D eigenvalue weighted by Gasteiger charge is -2.25. The largest absolute Gasteiger partial charge is 0.343 e. The Morgan fingerprint density at radius 1 is 1.12 bits per heavy atom. The maximum Gasteiger partial charge on any atom is 0.251 e. The van der Waals surface area contributed by atoms with Gasteiger partial charge >= 0.3 is 0 Å². The first-order valence-electron chi connectivity index (χ1n) is 7.54. The van der Waals surface area contributed by atoms with Gasteiger partial charge in [0.1, 0.15) is 5.82 Å². The molecule has 0 aliphatic rings. The van der Waals surface area contributed by atoms with Crippen LogP contribution in [-0.4, -0.2) is 30.3 Å². The molecule has 2 amide bonds. The summed E-state index contributed by atoms with van der Waals surface area (Å²) in [7, 11) is 1.63. The van der Waals surface area contributed by atoms with E-state index in [0.29, 0.717) is 10.6 Å². The lowest BCUT2D eigenvalue weighted by Crippen LogP contribution is -2.39. The van der Waals surface area contributed by atoms with E-state index in [-0.39, 0.29) is 29.3 Å². The summed E-state index contributed by atoms with van der Waals surface area (Å²) in [4.78, 5) is 25.8. The molecule has 2 aromatic carbocycles. The van der Waals surface area contributed by atoms with Gasteiger partial charge in [-0.2, -0.15) is 0 Å². The summed E-state index contributed by atoms with van der Waals surface area (Å²) in [6, 6.07) is 10.2.